The normalized spacial score (nSPS) is 19.0. The standard InChI is InChI=1S/C29H32ClN5O2/c30-22-3-5-23(6-4-22)37-19-21-2-1-13-35(18-21)27(36)16-20-9-14-34(15-10-20)26-8-12-31-25-17-33-29-24(28(25)26)7-11-32-29/h3-8,11-12,17,20-21,31H,1-2,9-10,13-16,18-19H2. The number of nitrogens with zero attached hydrogens (tertiary/aromatic N) is 4. The summed E-state index contributed by atoms with van der Waals surface area (Å²) < 4.78 is 5.97. The minimum Gasteiger partial charge on any atom is -0.493 e. The van der Waals surface area contributed by atoms with Gasteiger partial charge in [-0.3, -0.25) is 4.79 Å². The zero-order valence-electron chi connectivity index (χ0n) is 20.9. The van der Waals surface area contributed by atoms with Crippen LogP contribution in [0.2, 0.25) is 5.02 Å². The molecular weight excluding hydrogens is 486 g/mol. The van der Waals surface area contributed by atoms with E-state index in [1.165, 1.54) is 11.1 Å². The molecule has 1 aromatic carbocycles. The van der Waals surface area contributed by atoms with Gasteiger partial charge in [0.1, 0.15) is 5.75 Å². The molecule has 7 nitrogen and oxygen atoms in total. The first kappa shape index (κ1) is 24.0. The van der Waals surface area contributed by atoms with Crippen molar-refractivity contribution in [2.75, 3.05) is 37.7 Å². The van der Waals surface area contributed by atoms with Crippen LogP contribution in [0.4, 0.5) is 5.69 Å². The number of hydrogen-bond donors (Lipinski definition) is 1. The highest BCUT2D eigenvalue weighted by molar-refractivity contribution is 6.30. The number of ether oxygens (including phenoxy) is 1. The summed E-state index contributed by atoms with van der Waals surface area (Å²) in [5, 5.41) is 2.97. The minimum atomic E-state index is 0.296. The van der Waals surface area contributed by atoms with Crippen molar-refractivity contribution in [2.45, 2.75) is 32.1 Å². The number of carbonyl (C=O) groups is 1. The van der Waals surface area contributed by atoms with Crippen LogP contribution in [0.5, 0.6) is 5.75 Å². The van der Waals surface area contributed by atoms with E-state index < -0.39 is 0 Å². The molecule has 2 aliphatic heterocycles. The maximum atomic E-state index is 13.2. The average Bonchev–Trinajstić information content (AvgIpc) is 3.42. The lowest BCUT2D eigenvalue weighted by atomic mass is 9.91. The molecule has 37 heavy (non-hydrogen) atoms. The van der Waals surface area contributed by atoms with Gasteiger partial charge in [0, 0.05) is 72.4 Å². The van der Waals surface area contributed by atoms with Crippen LogP contribution < -0.4 is 9.64 Å². The fourth-order valence-corrected chi connectivity index (χ4v) is 5.96. The minimum absolute atomic E-state index is 0.296. The lowest BCUT2D eigenvalue weighted by Crippen LogP contribution is -2.43. The second-order valence-electron chi connectivity index (χ2n) is 10.3. The highest BCUT2D eigenvalue weighted by atomic mass is 35.5. The lowest BCUT2D eigenvalue weighted by molar-refractivity contribution is -0.134. The van der Waals surface area contributed by atoms with E-state index in [0.29, 0.717) is 35.8 Å². The second-order valence-corrected chi connectivity index (χ2v) is 10.8. The molecule has 0 radical (unpaired) electrons. The van der Waals surface area contributed by atoms with Crippen LogP contribution in [-0.4, -0.2) is 58.5 Å². The van der Waals surface area contributed by atoms with Crippen molar-refractivity contribution in [1.29, 1.82) is 0 Å². The SMILES string of the molecule is O=C(CC1CCN(c2cc[nH]c3cnc4nccc4c23)CC1)N1CCCC(COc2ccc(Cl)cc2)C1. The summed E-state index contributed by atoms with van der Waals surface area (Å²) in [4.78, 5) is 29.9. The van der Waals surface area contributed by atoms with Gasteiger partial charge in [-0.1, -0.05) is 11.6 Å². The topological polar surface area (TPSA) is 74.4 Å². The Morgan fingerprint density at radius 1 is 1.03 bits per heavy atom. The van der Waals surface area contributed by atoms with Gasteiger partial charge in [-0.15, -0.1) is 0 Å². The Balaban J connectivity index is 1.03. The third-order valence-corrected chi connectivity index (χ3v) is 8.11. The zero-order chi connectivity index (χ0) is 25.2. The predicted molar refractivity (Wildman–Crippen MR) is 147 cm³/mol. The number of aromatic amines is 1. The molecule has 4 aromatic rings. The number of likely N-dealkylation sites (tertiary alicyclic amines) is 1. The Morgan fingerprint density at radius 2 is 1.86 bits per heavy atom. The molecule has 0 saturated carbocycles. The van der Waals surface area contributed by atoms with Gasteiger partial charge in [0.25, 0.3) is 0 Å². The van der Waals surface area contributed by atoms with Crippen molar-refractivity contribution in [2.24, 2.45) is 11.8 Å². The van der Waals surface area contributed by atoms with E-state index in [2.05, 4.69) is 30.8 Å². The molecule has 0 spiro atoms. The van der Waals surface area contributed by atoms with E-state index in [1.54, 1.807) is 0 Å². The van der Waals surface area contributed by atoms with Gasteiger partial charge in [-0.2, -0.15) is 0 Å². The molecule has 1 amide bonds. The van der Waals surface area contributed by atoms with Crippen LogP contribution in [0.1, 0.15) is 32.1 Å². The fourth-order valence-electron chi connectivity index (χ4n) is 5.83. The van der Waals surface area contributed by atoms with Crippen molar-refractivity contribution in [3.05, 3.63) is 60.0 Å². The van der Waals surface area contributed by atoms with Crippen molar-refractivity contribution in [1.82, 2.24) is 19.9 Å². The molecule has 1 atom stereocenters. The molecule has 8 heteroatoms. The molecule has 2 fully saturated rings. The summed E-state index contributed by atoms with van der Waals surface area (Å²) in [6.45, 7) is 4.18. The third-order valence-electron chi connectivity index (χ3n) is 7.86. The molecule has 192 valence electrons. The maximum Gasteiger partial charge on any atom is 0.222 e. The quantitative estimate of drug-likeness (QED) is 0.355. The summed E-state index contributed by atoms with van der Waals surface area (Å²) in [7, 11) is 0. The van der Waals surface area contributed by atoms with Crippen LogP contribution in [0.15, 0.2) is 55.0 Å². The number of carbonyl (C=O) groups excluding carboxylic acids is 1. The lowest BCUT2D eigenvalue weighted by Gasteiger charge is -2.36. The second kappa shape index (κ2) is 10.6. The molecule has 6 rings (SSSR count). The fraction of sp³-hybridized carbons (Fsp3) is 0.414. The summed E-state index contributed by atoms with van der Waals surface area (Å²) in [6, 6.07) is 11.7. The maximum absolute atomic E-state index is 13.2. The first-order valence-electron chi connectivity index (χ1n) is 13.3. The molecule has 3 aromatic heterocycles. The molecular formula is C29H32ClN5O2. The number of aromatic nitrogens is 3. The Labute approximate surface area is 221 Å². The molecule has 5 heterocycles. The predicted octanol–water partition coefficient (Wildman–Crippen LogP) is 5.69. The number of amides is 1. The van der Waals surface area contributed by atoms with Crippen molar-refractivity contribution >= 4 is 45.1 Å². The van der Waals surface area contributed by atoms with Gasteiger partial charge in [0.15, 0.2) is 5.65 Å². The largest absolute Gasteiger partial charge is 0.493 e. The number of H-pyrrole nitrogens is 1. The summed E-state index contributed by atoms with van der Waals surface area (Å²) in [6.07, 6.45) is 10.5. The molecule has 1 N–H and O–H groups in total. The molecule has 2 saturated heterocycles. The third kappa shape index (κ3) is 5.23. The van der Waals surface area contributed by atoms with Gasteiger partial charge in [-0.25, -0.2) is 9.97 Å². The van der Waals surface area contributed by atoms with E-state index in [4.69, 9.17) is 16.3 Å². The van der Waals surface area contributed by atoms with Gasteiger partial charge >= 0.3 is 0 Å². The van der Waals surface area contributed by atoms with E-state index in [0.717, 1.165) is 74.2 Å². The summed E-state index contributed by atoms with van der Waals surface area (Å²) in [5.41, 5.74) is 3.03. The smallest absolute Gasteiger partial charge is 0.222 e. The van der Waals surface area contributed by atoms with Crippen LogP contribution in [0.3, 0.4) is 0 Å². The van der Waals surface area contributed by atoms with E-state index in [-0.39, 0.29) is 0 Å². The van der Waals surface area contributed by atoms with Gasteiger partial charge in [0.05, 0.1) is 18.3 Å². The van der Waals surface area contributed by atoms with Crippen molar-refractivity contribution < 1.29 is 9.53 Å². The van der Waals surface area contributed by atoms with Crippen LogP contribution in [0.25, 0.3) is 21.9 Å². The number of hydrogen-bond acceptors (Lipinski definition) is 5. The zero-order valence-corrected chi connectivity index (χ0v) is 21.7. The van der Waals surface area contributed by atoms with E-state index >= 15 is 0 Å². The van der Waals surface area contributed by atoms with Crippen LogP contribution >= 0.6 is 11.6 Å². The summed E-state index contributed by atoms with van der Waals surface area (Å²) >= 11 is 5.97. The van der Waals surface area contributed by atoms with Crippen LogP contribution in [-0.2, 0) is 4.79 Å². The average molecular weight is 518 g/mol. The number of fused-ring (bicyclic) bond motifs is 3. The van der Waals surface area contributed by atoms with E-state index in [1.807, 2.05) is 48.9 Å². The summed E-state index contributed by atoms with van der Waals surface area (Å²) in [5.74, 6) is 1.93. The number of pyridine rings is 2. The molecule has 1 unspecified atom stereocenters. The highest BCUT2D eigenvalue weighted by Gasteiger charge is 2.28. The van der Waals surface area contributed by atoms with Gasteiger partial charge < -0.3 is 19.5 Å². The number of benzene rings is 1. The van der Waals surface area contributed by atoms with Gasteiger partial charge in [-0.05, 0) is 68.0 Å². The molecule has 0 aliphatic carbocycles. The Kier molecular flexibility index (Phi) is 6.87. The molecule has 2 aliphatic rings. The molecule has 0 bridgehead atoms. The van der Waals surface area contributed by atoms with Crippen molar-refractivity contribution in [3.63, 3.8) is 0 Å². The Hall–Kier alpha value is -3.32. The van der Waals surface area contributed by atoms with Crippen molar-refractivity contribution in [3.8, 4) is 5.75 Å². The Morgan fingerprint density at radius 3 is 2.70 bits per heavy atom. The highest BCUT2D eigenvalue weighted by Crippen LogP contribution is 2.34. The van der Waals surface area contributed by atoms with E-state index in [9.17, 15) is 4.79 Å². The number of rotatable bonds is 6. The first-order chi connectivity index (χ1) is 18.1. The number of nitrogens with one attached hydrogen (secondary N) is 1. The monoisotopic (exact) mass is 517 g/mol. The number of piperidine rings is 2. The number of anilines is 1. The Bertz CT molecular complexity index is 1380. The van der Waals surface area contributed by atoms with Crippen LogP contribution in [0, 0.1) is 11.8 Å². The first-order valence-corrected chi connectivity index (χ1v) is 13.6. The van der Waals surface area contributed by atoms with Gasteiger partial charge in [0.2, 0.25) is 5.91 Å². The number of halogens is 1.